The van der Waals surface area contributed by atoms with Gasteiger partial charge in [0.1, 0.15) is 47.0 Å². The second kappa shape index (κ2) is 10.2. The second-order valence-corrected chi connectivity index (χ2v) is 12.4. The third-order valence-corrected chi connectivity index (χ3v) is 9.79. The molecule has 0 spiro atoms. The lowest BCUT2D eigenvalue weighted by atomic mass is 9.95. The lowest BCUT2D eigenvalue weighted by Crippen LogP contribution is -2.43. The van der Waals surface area contributed by atoms with Crippen LogP contribution in [0.1, 0.15) is 38.2 Å². The summed E-state index contributed by atoms with van der Waals surface area (Å²) < 4.78 is 58.0. The van der Waals surface area contributed by atoms with Crippen molar-refractivity contribution >= 4 is 37.3 Å². The van der Waals surface area contributed by atoms with Gasteiger partial charge in [-0.25, -0.2) is 13.2 Å². The molecular weight excluding hydrogens is 567 g/mol. The molecule has 13 heteroatoms. The van der Waals surface area contributed by atoms with Crippen LogP contribution in [-0.2, 0) is 0 Å². The van der Waals surface area contributed by atoms with E-state index < -0.39 is 23.3 Å². The number of nitrogens with one attached hydrogen (secondary N) is 1. The van der Waals surface area contributed by atoms with Crippen LogP contribution < -0.4 is 20.5 Å². The minimum Gasteiger partial charge on any atom is -0.472 e. The standard InChI is InChI=1S/C29H28F3N7O2S/c1-14-20(5-7-35-14)41-27-18-11-36-23(16-3-4-19(31)25-21(16)17(10-33)26(34)42-25)22(32)24(18)37-28(38-27)40-13-29-6-2-8-39(29)12-15(30)9-29/h3-4,11,14-15,20,35H,2,5-9,12-13,34H2,1H3/t14-,15-,20-,29?/m1/s1. The van der Waals surface area contributed by atoms with E-state index in [1.807, 2.05) is 13.0 Å². The molecular formula is C29H28F3N7O2S. The number of ether oxygens (including phenoxy) is 2. The SMILES string of the molecule is C[C@H]1NCC[C@H]1Oc1nc(OCC23CCCN2C[C@H](F)C3)nc2c(F)c(-c3ccc(F)c4sc(N)c(C#N)c34)ncc12. The normalized spacial score (nSPS) is 25.7. The Morgan fingerprint density at radius 3 is 2.95 bits per heavy atom. The van der Waals surface area contributed by atoms with Crippen LogP contribution in [0.15, 0.2) is 18.3 Å². The molecule has 0 amide bonds. The summed E-state index contributed by atoms with van der Waals surface area (Å²) in [6.45, 7) is 4.10. The molecule has 4 aromatic rings. The molecule has 3 aromatic heterocycles. The van der Waals surface area contributed by atoms with E-state index in [4.69, 9.17) is 15.2 Å². The number of halogens is 3. The molecule has 3 N–H and O–H groups in total. The van der Waals surface area contributed by atoms with Crippen molar-refractivity contribution in [3.63, 3.8) is 0 Å². The Morgan fingerprint density at radius 1 is 1.31 bits per heavy atom. The van der Waals surface area contributed by atoms with Crippen molar-refractivity contribution in [3.8, 4) is 29.2 Å². The largest absolute Gasteiger partial charge is 0.472 e. The van der Waals surface area contributed by atoms with E-state index in [-0.39, 0.29) is 73.5 Å². The Kier molecular flexibility index (Phi) is 6.60. The molecule has 0 bridgehead atoms. The predicted molar refractivity (Wildman–Crippen MR) is 152 cm³/mol. The first-order chi connectivity index (χ1) is 20.3. The van der Waals surface area contributed by atoms with Crippen molar-refractivity contribution in [2.75, 3.05) is 32.0 Å². The van der Waals surface area contributed by atoms with Crippen molar-refractivity contribution in [1.29, 1.82) is 5.26 Å². The quantitative estimate of drug-likeness (QED) is 0.326. The Hall–Kier alpha value is -3.73. The second-order valence-electron chi connectivity index (χ2n) is 11.3. The fourth-order valence-electron chi connectivity index (χ4n) is 6.64. The highest BCUT2D eigenvalue weighted by Crippen LogP contribution is 2.43. The van der Waals surface area contributed by atoms with E-state index in [1.54, 1.807) is 0 Å². The van der Waals surface area contributed by atoms with Gasteiger partial charge in [0.15, 0.2) is 5.82 Å². The van der Waals surface area contributed by atoms with Gasteiger partial charge < -0.3 is 20.5 Å². The Labute approximate surface area is 243 Å². The number of nitriles is 1. The minimum atomic E-state index is -0.926. The molecule has 3 fully saturated rings. The van der Waals surface area contributed by atoms with E-state index in [0.717, 1.165) is 43.7 Å². The summed E-state index contributed by atoms with van der Waals surface area (Å²) in [7, 11) is 0. The van der Waals surface area contributed by atoms with E-state index in [1.165, 1.54) is 18.3 Å². The summed E-state index contributed by atoms with van der Waals surface area (Å²) in [6, 6.07) is 4.54. The number of rotatable bonds is 6. The highest BCUT2D eigenvalue weighted by atomic mass is 32.1. The number of pyridine rings is 1. The topological polar surface area (TPSA) is 122 Å². The number of hydrogen-bond donors (Lipinski definition) is 2. The zero-order valence-corrected chi connectivity index (χ0v) is 23.6. The maximum Gasteiger partial charge on any atom is 0.320 e. The minimum absolute atomic E-state index is 0.0447. The molecule has 42 heavy (non-hydrogen) atoms. The fourth-order valence-corrected chi connectivity index (χ4v) is 7.59. The summed E-state index contributed by atoms with van der Waals surface area (Å²) >= 11 is 0.925. The van der Waals surface area contributed by atoms with Crippen molar-refractivity contribution in [2.45, 2.75) is 56.5 Å². The molecule has 0 radical (unpaired) electrons. The number of thiophene rings is 1. The van der Waals surface area contributed by atoms with Crippen molar-refractivity contribution in [1.82, 2.24) is 25.2 Å². The first kappa shape index (κ1) is 27.1. The molecule has 9 nitrogen and oxygen atoms in total. The first-order valence-corrected chi connectivity index (χ1v) is 14.8. The van der Waals surface area contributed by atoms with Crippen molar-refractivity contribution in [3.05, 3.63) is 35.5 Å². The molecule has 4 atom stereocenters. The fraction of sp³-hybridized carbons (Fsp3) is 0.448. The summed E-state index contributed by atoms with van der Waals surface area (Å²) in [6.07, 6.45) is 3.12. The average Bonchev–Trinajstić information content (AvgIpc) is 3.71. The molecule has 218 valence electrons. The maximum absolute atomic E-state index is 16.4. The van der Waals surface area contributed by atoms with E-state index in [2.05, 4.69) is 25.2 Å². The van der Waals surface area contributed by atoms with Crippen LogP contribution in [-0.4, -0.2) is 69.9 Å². The van der Waals surface area contributed by atoms with Crippen LogP contribution in [0.25, 0.3) is 32.2 Å². The Bertz CT molecular complexity index is 1760. The number of nitrogen functional groups attached to an aromatic ring is 1. The van der Waals surface area contributed by atoms with Gasteiger partial charge in [0.25, 0.3) is 0 Å². The molecule has 3 aliphatic heterocycles. The van der Waals surface area contributed by atoms with Gasteiger partial charge in [-0.2, -0.15) is 15.2 Å². The Balaban J connectivity index is 1.34. The van der Waals surface area contributed by atoms with Gasteiger partial charge in [-0.3, -0.25) is 9.88 Å². The summed E-state index contributed by atoms with van der Waals surface area (Å²) in [4.78, 5) is 15.4. The van der Waals surface area contributed by atoms with Gasteiger partial charge in [-0.1, -0.05) is 0 Å². The number of hydrogen-bond acceptors (Lipinski definition) is 10. The van der Waals surface area contributed by atoms with Crippen LogP contribution in [0.4, 0.5) is 18.2 Å². The zero-order valence-electron chi connectivity index (χ0n) is 22.8. The lowest BCUT2D eigenvalue weighted by molar-refractivity contribution is 0.106. The third kappa shape index (κ3) is 4.31. The van der Waals surface area contributed by atoms with E-state index >= 15 is 4.39 Å². The number of benzene rings is 1. The average molecular weight is 596 g/mol. The number of alkyl halides is 1. The van der Waals surface area contributed by atoms with Crippen LogP contribution >= 0.6 is 11.3 Å². The van der Waals surface area contributed by atoms with E-state index in [9.17, 15) is 14.0 Å². The van der Waals surface area contributed by atoms with Gasteiger partial charge >= 0.3 is 6.01 Å². The number of anilines is 1. The Morgan fingerprint density at radius 2 is 2.17 bits per heavy atom. The molecule has 1 unspecified atom stereocenters. The van der Waals surface area contributed by atoms with Gasteiger partial charge in [-0.05, 0) is 51.4 Å². The summed E-state index contributed by atoms with van der Waals surface area (Å²) in [5.74, 6) is -1.23. The van der Waals surface area contributed by atoms with Gasteiger partial charge in [0, 0.05) is 36.2 Å². The first-order valence-electron chi connectivity index (χ1n) is 14.0. The monoisotopic (exact) mass is 595 g/mol. The lowest BCUT2D eigenvalue weighted by Gasteiger charge is -2.30. The van der Waals surface area contributed by atoms with Crippen LogP contribution in [0.3, 0.4) is 0 Å². The molecule has 0 aliphatic carbocycles. The molecule has 3 saturated heterocycles. The maximum atomic E-state index is 16.4. The van der Waals surface area contributed by atoms with Gasteiger partial charge in [-0.15, -0.1) is 11.3 Å². The number of nitrogens with two attached hydrogens (primary N) is 1. The van der Waals surface area contributed by atoms with Crippen LogP contribution in [0, 0.1) is 23.0 Å². The van der Waals surface area contributed by atoms with E-state index in [0.29, 0.717) is 13.0 Å². The molecule has 1 aromatic carbocycles. The summed E-state index contributed by atoms with van der Waals surface area (Å²) in [5.41, 5.74) is 5.62. The van der Waals surface area contributed by atoms with Gasteiger partial charge in [0.05, 0.1) is 21.2 Å². The molecule has 0 saturated carbocycles. The highest BCUT2D eigenvalue weighted by Gasteiger charge is 2.49. The van der Waals surface area contributed by atoms with Crippen molar-refractivity contribution in [2.24, 2.45) is 0 Å². The predicted octanol–water partition coefficient (Wildman–Crippen LogP) is 4.72. The molecule has 3 aliphatic rings. The zero-order chi connectivity index (χ0) is 29.2. The third-order valence-electron chi connectivity index (χ3n) is 8.76. The molecule has 6 heterocycles. The van der Waals surface area contributed by atoms with Crippen LogP contribution in [0.5, 0.6) is 11.9 Å². The summed E-state index contributed by atoms with van der Waals surface area (Å²) in [5, 5.41) is 13.6. The number of fused-ring (bicyclic) bond motifs is 3. The number of nitrogens with zero attached hydrogens (tertiary/aromatic N) is 5. The smallest absolute Gasteiger partial charge is 0.320 e. The van der Waals surface area contributed by atoms with Crippen LogP contribution in [0.2, 0.25) is 0 Å². The highest BCUT2D eigenvalue weighted by molar-refractivity contribution is 7.23. The van der Waals surface area contributed by atoms with Gasteiger partial charge in [0.2, 0.25) is 5.88 Å². The molecule has 7 rings (SSSR count). The number of aromatic nitrogens is 3. The van der Waals surface area contributed by atoms with Crippen molar-refractivity contribution < 1.29 is 22.6 Å².